The van der Waals surface area contributed by atoms with Crippen molar-refractivity contribution in [1.82, 2.24) is 0 Å². The largest absolute Gasteiger partial charge is 0.508 e. The Bertz CT molecular complexity index is 695. The Hall–Kier alpha value is -2.49. The third-order valence-corrected chi connectivity index (χ3v) is 4.53. The first-order valence-corrected chi connectivity index (χ1v) is 9.29. The van der Waals surface area contributed by atoms with Crippen LogP contribution in [0.15, 0.2) is 42.5 Å². The van der Waals surface area contributed by atoms with Gasteiger partial charge in [0, 0.05) is 18.6 Å². The molecule has 26 heavy (non-hydrogen) atoms. The number of Topliss-reactive ketones (excluding diaryl/α,β-unsaturated/α-hetero) is 1. The molecule has 2 rings (SSSR count). The van der Waals surface area contributed by atoms with E-state index in [4.69, 9.17) is 4.74 Å². The van der Waals surface area contributed by atoms with Gasteiger partial charge in [0.05, 0.1) is 7.11 Å². The maximum absolute atomic E-state index is 12.3. The number of phenolic OH excluding ortho intramolecular Hbond substituents is 2. The molecule has 0 aromatic heterocycles. The molecule has 0 atom stereocenters. The highest BCUT2D eigenvalue weighted by Gasteiger charge is 2.18. The Balaban J connectivity index is 1.63. The molecule has 140 valence electrons. The molecule has 0 aliphatic rings. The van der Waals surface area contributed by atoms with Gasteiger partial charge in [0.2, 0.25) is 0 Å². The van der Waals surface area contributed by atoms with Crippen molar-refractivity contribution in [3.8, 4) is 17.2 Å². The predicted octanol–water partition coefficient (Wildman–Crippen LogP) is 5.26. The maximum atomic E-state index is 12.3. The molecule has 2 aromatic carbocycles. The summed E-state index contributed by atoms with van der Waals surface area (Å²) < 4.78 is 5.10. The fraction of sp³-hybridized carbons (Fsp3) is 0.409. The van der Waals surface area contributed by atoms with Gasteiger partial charge in [-0.1, -0.05) is 56.0 Å². The molecule has 0 fully saturated rings. The molecule has 2 aromatic rings. The van der Waals surface area contributed by atoms with Crippen molar-refractivity contribution >= 4 is 5.78 Å². The molecule has 0 amide bonds. The van der Waals surface area contributed by atoms with Gasteiger partial charge in [0.1, 0.15) is 22.8 Å². The zero-order chi connectivity index (χ0) is 18.8. The maximum Gasteiger partial charge on any atom is 0.170 e. The quantitative estimate of drug-likeness (QED) is 0.425. The monoisotopic (exact) mass is 356 g/mol. The number of methoxy groups -OCH3 is 1. The smallest absolute Gasteiger partial charge is 0.170 e. The molecule has 0 spiro atoms. The minimum atomic E-state index is -0.229. The SMILES string of the molecule is COc1cc(O)cc(O)c1C(=O)CCCCCCCCc1ccccc1. The van der Waals surface area contributed by atoms with Crippen LogP contribution in [-0.2, 0) is 6.42 Å². The third-order valence-electron chi connectivity index (χ3n) is 4.53. The summed E-state index contributed by atoms with van der Waals surface area (Å²) in [4.78, 5) is 12.3. The molecule has 0 heterocycles. The average Bonchev–Trinajstić information content (AvgIpc) is 2.63. The van der Waals surface area contributed by atoms with Gasteiger partial charge < -0.3 is 14.9 Å². The Morgan fingerprint density at radius 3 is 2.27 bits per heavy atom. The summed E-state index contributed by atoms with van der Waals surface area (Å²) in [7, 11) is 1.42. The van der Waals surface area contributed by atoms with E-state index >= 15 is 0 Å². The lowest BCUT2D eigenvalue weighted by molar-refractivity contribution is 0.0973. The number of benzene rings is 2. The fourth-order valence-electron chi connectivity index (χ4n) is 3.12. The Morgan fingerprint density at radius 2 is 1.58 bits per heavy atom. The van der Waals surface area contributed by atoms with E-state index in [2.05, 4.69) is 24.3 Å². The number of ether oxygens (including phenoxy) is 1. The minimum Gasteiger partial charge on any atom is -0.508 e. The van der Waals surface area contributed by atoms with Gasteiger partial charge in [-0.2, -0.15) is 0 Å². The minimum absolute atomic E-state index is 0.119. The Morgan fingerprint density at radius 1 is 0.923 bits per heavy atom. The van der Waals surface area contributed by atoms with E-state index in [1.807, 2.05) is 6.07 Å². The zero-order valence-electron chi connectivity index (χ0n) is 15.4. The second-order valence-electron chi connectivity index (χ2n) is 6.57. The second kappa shape index (κ2) is 10.5. The van der Waals surface area contributed by atoms with Crippen LogP contribution in [0.1, 0.15) is 60.9 Å². The number of hydrogen-bond acceptors (Lipinski definition) is 4. The normalized spacial score (nSPS) is 10.7. The zero-order valence-corrected chi connectivity index (χ0v) is 15.4. The molecule has 4 nitrogen and oxygen atoms in total. The van der Waals surface area contributed by atoms with Crippen LogP contribution in [0.5, 0.6) is 17.2 Å². The highest BCUT2D eigenvalue weighted by Crippen LogP contribution is 2.33. The van der Waals surface area contributed by atoms with Gasteiger partial charge in [0.25, 0.3) is 0 Å². The summed E-state index contributed by atoms with van der Waals surface area (Å²) in [5.74, 6) is -0.281. The van der Waals surface area contributed by atoms with Gasteiger partial charge >= 0.3 is 0 Å². The molecule has 0 saturated heterocycles. The molecule has 0 aliphatic heterocycles. The van der Waals surface area contributed by atoms with Crippen molar-refractivity contribution in [2.75, 3.05) is 7.11 Å². The first-order chi connectivity index (χ1) is 12.6. The van der Waals surface area contributed by atoms with Crippen molar-refractivity contribution in [2.24, 2.45) is 0 Å². The van der Waals surface area contributed by atoms with Crippen molar-refractivity contribution in [2.45, 2.75) is 51.4 Å². The number of unbranched alkanes of at least 4 members (excludes halogenated alkanes) is 5. The van der Waals surface area contributed by atoms with Crippen LogP contribution in [0.25, 0.3) is 0 Å². The van der Waals surface area contributed by atoms with E-state index in [0.717, 1.165) is 25.7 Å². The van der Waals surface area contributed by atoms with Gasteiger partial charge in [-0.05, 0) is 24.8 Å². The summed E-state index contributed by atoms with van der Waals surface area (Å²) in [6.45, 7) is 0. The fourth-order valence-corrected chi connectivity index (χ4v) is 3.12. The molecule has 0 saturated carbocycles. The van der Waals surface area contributed by atoms with Crippen LogP contribution in [-0.4, -0.2) is 23.1 Å². The number of carbonyl (C=O) groups is 1. The first-order valence-electron chi connectivity index (χ1n) is 9.29. The average molecular weight is 356 g/mol. The first kappa shape index (κ1) is 19.8. The van der Waals surface area contributed by atoms with Gasteiger partial charge in [-0.3, -0.25) is 4.79 Å². The highest BCUT2D eigenvalue weighted by atomic mass is 16.5. The summed E-state index contributed by atoms with van der Waals surface area (Å²) >= 11 is 0. The highest BCUT2D eigenvalue weighted by molar-refractivity contribution is 6.01. The predicted molar refractivity (Wildman–Crippen MR) is 103 cm³/mol. The van der Waals surface area contributed by atoms with E-state index in [-0.39, 0.29) is 28.6 Å². The number of aromatic hydroxyl groups is 2. The van der Waals surface area contributed by atoms with Crippen molar-refractivity contribution in [1.29, 1.82) is 0 Å². The molecule has 0 bridgehead atoms. The standard InChI is InChI=1S/C22H28O4/c1-26-21-16-18(23)15-20(25)22(21)19(24)14-10-5-3-2-4-7-11-17-12-8-6-9-13-17/h6,8-9,12-13,15-16,23,25H,2-5,7,10-11,14H2,1H3. The van der Waals surface area contributed by atoms with Crippen molar-refractivity contribution < 1.29 is 19.7 Å². The van der Waals surface area contributed by atoms with Crippen LogP contribution < -0.4 is 4.74 Å². The van der Waals surface area contributed by atoms with Crippen LogP contribution >= 0.6 is 0 Å². The molecule has 0 radical (unpaired) electrons. The number of phenols is 2. The number of ketones is 1. The van der Waals surface area contributed by atoms with Crippen LogP contribution in [0.4, 0.5) is 0 Å². The number of carbonyl (C=O) groups excluding carboxylic acids is 1. The topological polar surface area (TPSA) is 66.8 Å². The molecule has 0 unspecified atom stereocenters. The molecule has 0 aliphatic carbocycles. The van der Waals surface area contributed by atoms with Crippen LogP contribution in [0.3, 0.4) is 0 Å². The van der Waals surface area contributed by atoms with E-state index in [9.17, 15) is 15.0 Å². The summed E-state index contributed by atoms with van der Waals surface area (Å²) in [6, 6.07) is 13.0. The molecular weight excluding hydrogens is 328 g/mol. The van der Waals surface area contributed by atoms with E-state index in [0.29, 0.717) is 6.42 Å². The second-order valence-corrected chi connectivity index (χ2v) is 6.57. The van der Waals surface area contributed by atoms with Crippen LogP contribution in [0, 0.1) is 0 Å². The lowest BCUT2D eigenvalue weighted by atomic mass is 10.0. The number of hydrogen-bond donors (Lipinski definition) is 2. The molecular formula is C22H28O4. The van der Waals surface area contributed by atoms with Crippen LogP contribution in [0.2, 0.25) is 0 Å². The lowest BCUT2D eigenvalue weighted by Crippen LogP contribution is -2.03. The Labute approximate surface area is 155 Å². The van der Waals surface area contributed by atoms with Gasteiger partial charge in [-0.15, -0.1) is 0 Å². The van der Waals surface area contributed by atoms with Gasteiger partial charge in [-0.25, -0.2) is 0 Å². The summed E-state index contributed by atoms with van der Waals surface area (Å²) in [5.41, 5.74) is 1.55. The van der Waals surface area contributed by atoms with Crippen molar-refractivity contribution in [3.63, 3.8) is 0 Å². The number of rotatable bonds is 11. The van der Waals surface area contributed by atoms with E-state index in [1.165, 1.54) is 44.1 Å². The van der Waals surface area contributed by atoms with Crippen molar-refractivity contribution in [3.05, 3.63) is 53.6 Å². The van der Waals surface area contributed by atoms with Gasteiger partial charge in [0.15, 0.2) is 5.78 Å². The van der Waals surface area contributed by atoms with E-state index < -0.39 is 0 Å². The lowest BCUT2D eigenvalue weighted by Gasteiger charge is -2.10. The number of aryl methyl sites for hydroxylation is 1. The summed E-state index contributed by atoms with van der Waals surface area (Å²) in [6.07, 6.45) is 7.98. The Kier molecular flexibility index (Phi) is 8.00. The molecule has 2 N–H and O–H groups in total. The molecule has 4 heteroatoms. The third kappa shape index (κ3) is 6.10. The van der Waals surface area contributed by atoms with E-state index in [1.54, 1.807) is 0 Å². The summed E-state index contributed by atoms with van der Waals surface area (Å²) in [5, 5.41) is 19.4.